The van der Waals surface area contributed by atoms with Crippen LogP contribution in [0.5, 0.6) is 0 Å². The van der Waals surface area contributed by atoms with Crippen molar-refractivity contribution in [3.63, 3.8) is 0 Å². The number of hydrogen-bond donors (Lipinski definition) is 1. The maximum atomic E-state index is 4.26. The van der Waals surface area contributed by atoms with E-state index in [-0.39, 0.29) is 5.54 Å². The molecular weight excluding hydrogens is 302 g/mol. The van der Waals surface area contributed by atoms with Crippen LogP contribution >= 0.6 is 15.9 Å². The lowest BCUT2D eigenvalue weighted by Gasteiger charge is -2.21. The van der Waals surface area contributed by atoms with Gasteiger partial charge in [-0.1, -0.05) is 15.9 Å². The number of rotatable bonds is 3. The van der Waals surface area contributed by atoms with Crippen LogP contribution in [-0.4, -0.2) is 15.1 Å². The highest BCUT2D eigenvalue weighted by Gasteiger charge is 2.11. The molecule has 0 atom stereocenters. The lowest BCUT2D eigenvalue weighted by atomic mass is 10.1. The molecule has 0 aliphatic carbocycles. The second-order valence-electron chi connectivity index (χ2n) is 5.79. The summed E-state index contributed by atoms with van der Waals surface area (Å²) in [6.45, 7) is 9.39. The van der Waals surface area contributed by atoms with E-state index in [0.29, 0.717) is 0 Å². The van der Waals surface area contributed by atoms with Crippen LogP contribution in [0.25, 0.3) is 5.69 Å². The van der Waals surface area contributed by atoms with Gasteiger partial charge in [0.25, 0.3) is 0 Å². The smallest absolute Gasteiger partial charge is 0.0994 e. The molecule has 0 radical (unpaired) electrons. The van der Waals surface area contributed by atoms with Gasteiger partial charge in [-0.2, -0.15) is 0 Å². The van der Waals surface area contributed by atoms with Crippen LogP contribution in [0.3, 0.4) is 0 Å². The van der Waals surface area contributed by atoms with E-state index in [2.05, 4.69) is 76.7 Å². The lowest BCUT2D eigenvalue weighted by Crippen LogP contribution is -2.35. The fraction of sp³-hybridized carbons (Fsp3) is 0.400. The first-order valence-corrected chi connectivity index (χ1v) is 7.19. The molecule has 0 unspecified atom stereocenters. The highest BCUT2D eigenvalue weighted by molar-refractivity contribution is 9.10. The minimum absolute atomic E-state index is 0.102. The monoisotopic (exact) mass is 321 g/mol. The Balaban J connectivity index is 2.26. The third-order valence-electron chi connectivity index (χ3n) is 2.93. The first-order chi connectivity index (χ1) is 8.87. The number of hydrogen-bond acceptors (Lipinski definition) is 2. The predicted octanol–water partition coefficient (Wildman–Crippen LogP) is 3.83. The number of benzene rings is 1. The van der Waals surface area contributed by atoms with Crippen molar-refractivity contribution in [2.45, 2.75) is 39.8 Å². The Labute approximate surface area is 123 Å². The van der Waals surface area contributed by atoms with Gasteiger partial charge in [0.05, 0.1) is 12.0 Å². The van der Waals surface area contributed by atoms with E-state index in [9.17, 15) is 0 Å². The quantitative estimate of drug-likeness (QED) is 0.931. The molecule has 3 nitrogen and oxygen atoms in total. The Kier molecular flexibility index (Phi) is 4.11. The highest BCUT2D eigenvalue weighted by Crippen LogP contribution is 2.20. The molecule has 0 saturated heterocycles. The van der Waals surface area contributed by atoms with Crippen LogP contribution in [0, 0.1) is 6.92 Å². The number of aromatic nitrogens is 2. The molecule has 0 saturated carbocycles. The zero-order chi connectivity index (χ0) is 14.0. The zero-order valence-electron chi connectivity index (χ0n) is 11.9. The second kappa shape index (κ2) is 5.47. The van der Waals surface area contributed by atoms with Gasteiger partial charge in [0.2, 0.25) is 0 Å². The van der Waals surface area contributed by atoms with E-state index in [1.807, 2.05) is 12.5 Å². The molecule has 2 aromatic rings. The first kappa shape index (κ1) is 14.3. The lowest BCUT2D eigenvalue weighted by molar-refractivity contribution is 0.419. The van der Waals surface area contributed by atoms with Gasteiger partial charge in [-0.3, -0.25) is 0 Å². The normalized spacial score (nSPS) is 11.8. The summed E-state index contributed by atoms with van der Waals surface area (Å²) in [5.74, 6) is 0. The molecule has 0 spiro atoms. The molecule has 2 rings (SSSR count). The molecule has 0 aliphatic rings. The predicted molar refractivity (Wildman–Crippen MR) is 82.6 cm³/mol. The van der Waals surface area contributed by atoms with Crippen LogP contribution in [0.1, 0.15) is 32.0 Å². The van der Waals surface area contributed by atoms with E-state index in [0.717, 1.165) is 22.4 Å². The van der Waals surface area contributed by atoms with Crippen molar-refractivity contribution in [3.8, 4) is 5.69 Å². The number of nitrogens with one attached hydrogen (secondary N) is 1. The summed E-state index contributed by atoms with van der Waals surface area (Å²) < 4.78 is 3.25. The van der Waals surface area contributed by atoms with Crippen molar-refractivity contribution in [3.05, 3.63) is 46.5 Å². The SMILES string of the molecule is Cc1cc(-n2cncc2CNC(C)(C)C)ccc1Br. The summed E-state index contributed by atoms with van der Waals surface area (Å²) in [4.78, 5) is 4.26. The summed E-state index contributed by atoms with van der Waals surface area (Å²) in [5, 5.41) is 3.49. The van der Waals surface area contributed by atoms with Gasteiger partial charge < -0.3 is 9.88 Å². The summed E-state index contributed by atoms with van der Waals surface area (Å²) in [6, 6.07) is 6.33. The van der Waals surface area contributed by atoms with Crippen LogP contribution in [-0.2, 0) is 6.54 Å². The number of imidazole rings is 1. The zero-order valence-corrected chi connectivity index (χ0v) is 13.5. The molecule has 1 aromatic heterocycles. The molecule has 1 heterocycles. The standard InChI is InChI=1S/C15H20BrN3/c1-11-7-12(5-6-14(11)16)19-10-17-8-13(19)9-18-15(2,3)4/h5-8,10,18H,9H2,1-4H3. The van der Waals surface area contributed by atoms with E-state index in [1.54, 1.807) is 0 Å². The third kappa shape index (κ3) is 3.67. The average molecular weight is 322 g/mol. The third-order valence-corrected chi connectivity index (χ3v) is 3.82. The molecular formula is C15H20BrN3. The van der Waals surface area contributed by atoms with E-state index >= 15 is 0 Å². The average Bonchev–Trinajstić information content (AvgIpc) is 2.77. The van der Waals surface area contributed by atoms with E-state index in [4.69, 9.17) is 0 Å². The summed E-state index contributed by atoms with van der Waals surface area (Å²) in [6.07, 6.45) is 3.78. The maximum Gasteiger partial charge on any atom is 0.0994 e. The Morgan fingerprint density at radius 2 is 2.05 bits per heavy atom. The fourth-order valence-electron chi connectivity index (χ4n) is 1.82. The summed E-state index contributed by atoms with van der Waals surface area (Å²) in [5.41, 5.74) is 3.63. The Bertz CT molecular complexity index is 567. The van der Waals surface area contributed by atoms with Crippen molar-refractivity contribution in [2.24, 2.45) is 0 Å². The molecule has 1 N–H and O–H groups in total. The van der Waals surface area contributed by atoms with Gasteiger partial charge in [-0.25, -0.2) is 4.98 Å². The Hall–Kier alpha value is -1.13. The Morgan fingerprint density at radius 3 is 2.68 bits per heavy atom. The largest absolute Gasteiger partial charge is 0.306 e. The minimum atomic E-state index is 0.102. The van der Waals surface area contributed by atoms with Gasteiger partial charge in [0, 0.05) is 28.4 Å². The van der Waals surface area contributed by atoms with Gasteiger partial charge in [0.15, 0.2) is 0 Å². The Morgan fingerprint density at radius 1 is 1.32 bits per heavy atom. The maximum absolute atomic E-state index is 4.26. The topological polar surface area (TPSA) is 29.9 Å². The van der Waals surface area contributed by atoms with Crippen molar-refractivity contribution >= 4 is 15.9 Å². The number of nitrogens with zero attached hydrogens (tertiary/aromatic N) is 2. The summed E-state index contributed by atoms with van der Waals surface area (Å²) in [7, 11) is 0. The molecule has 0 fully saturated rings. The number of aryl methyl sites for hydroxylation is 1. The van der Waals surface area contributed by atoms with Gasteiger partial charge in [-0.05, 0) is 51.5 Å². The molecule has 102 valence electrons. The van der Waals surface area contributed by atoms with E-state index < -0.39 is 0 Å². The molecule has 0 aliphatic heterocycles. The second-order valence-corrected chi connectivity index (χ2v) is 6.65. The van der Waals surface area contributed by atoms with Gasteiger partial charge in [-0.15, -0.1) is 0 Å². The van der Waals surface area contributed by atoms with Crippen molar-refractivity contribution in [2.75, 3.05) is 0 Å². The fourth-order valence-corrected chi connectivity index (χ4v) is 2.07. The molecule has 0 bridgehead atoms. The van der Waals surface area contributed by atoms with Crippen LogP contribution < -0.4 is 5.32 Å². The van der Waals surface area contributed by atoms with Crippen molar-refractivity contribution < 1.29 is 0 Å². The van der Waals surface area contributed by atoms with E-state index in [1.165, 1.54) is 5.56 Å². The van der Waals surface area contributed by atoms with Gasteiger partial charge >= 0.3 is 0 Å². The molecule has 0 amide bonds. The highest BCUT2D eigenvalue weighted by atomic mass is 79.9. The number of halogens is 1. The van der Waals surface area contributed by atoms with Gasteiger partial charge in [0.1, 0.15) is 0 Å². The first-order valence-electron chi connectivity index (χ1n) is 6.39. The molecule has 1 aromatic carbocycles. The molecule has 4 heteroatoms. The minimum Gasteiger partial charge on any atom is -0.306 e. The van der Waals surface area contributed by atoms with Crippen LogP contribution in [0.15, 0.2) is 35.2 Å². The molecule has 19 heavy (non-hydrogen) atoms. The van der Waals surface area contributed by atoms with Crippen LogP contribution in [0.4, 0.5) is 0 Å². The summed E-state index contributed by atoms with van der Waals surface area (Å²) >= 11 is 3.53. The van der Waals surface area contributed by atoms with Crippen molar-refractivity contribution in [1.82, 2.24) is 14.9 Å². The van der Waals surface area contributed by atoms with Crippen LogP contribution in [0.2, 0.25) is 0 Å². The van der Waals surface area contributed by atoms with Crippen molar-refractivity contribution in [1.29, 1.82) is 0 Å².